The van der Waals surface area contributed by atoms with Gasteiger partial charge in [0.05, 0.1) is 26.5 Å². The number of nitrogens with zero attached hydrogens (tertiary/aromatic N) is 1. The average molecular weight is 363 g/mol. The van der Waals surface area contributed by atoms with E-state index in [0.717, 1.165) is 32.1 Å². The van der Waals surface area contributed by atoms with E-state index in [4.69, 9.17) is 9.15 Å². The van der Waals surface area contributed by atoms with Crippen LogP contribution in [0.4, 0.5) is 4.79 Å². The molecule has 0 radical (unpaired) electrons. The first-order valence-electron chi connectivity index (χ1n) is 9.02. The highest BCUT2D eigenvalue weighted by Crippen LogP contribution is 2.39. The number of carbonyl (C=O) groups is 3. The Balaban J connectivity index is 1.55. The number of methoxy groups -OCH3 is 1. The van der Waals surface area contributed by atoms with Crippen molar-refractivity contribution in [2.45, 2.75) is 50.7 Å². The van der Waals surface area contributed by atoms with Gasteiger partial charge >= 0.3 is 12.0 Å². The molecule has 26 heavy (non-hydrogen) atoms. The molecule has 2 N–H and O–H groups in total. The van der Waals surface area contributed by atoms with Crippen LogP contribution in [-0.4, -0.2) is 48.5 Å². The minimum absolute atomic E-state index is 0.00903. The second-order valence-electron chi connectivity index (χ2n) is 6.87. The van der Waals surface area contributed by atoms with Crippen LogP contribution in [-0.2, 0) is 20.9 Å². The number of fused-ring (bicyclic) bond motifs is 1. The summed E-state index contributed by atoms with van der Waals surface area (Å²) in [7, 11) is 1.37. The summed E-state index contributed by atoms with van der Waals surface area (Å²) in [6.07, 6.45) is 6.52. The molecule has 0 unspecified atom stereocenters. The van der Waals surface area contributed by atoms with Crippen molar-refractivity contribution in [3.63, 3.8) is 0 Å². The monoisotopic (exact) mass is 363 g/mol. The van der Waals surface area contributed by atoms with Crippen LogP contribution in [0.5, 0.6) is 0 Å². The van der Waals surface area contributed by atoms with Crippen molar-refractivity contribution < 1.29 is 23.5 Å². The van der Waals surface area contributed by atoms with Crippen molar-refractivity contribution in [2.75, 3.05) is 13.7 Å². The summed E-state index contributed by atoms with van der Waals surface area (Å²) in [5, 5.41) is 4.89. The number of imide groups is 1. The Hall–Kier alpha value is -2.35. The van der Waals surface area contributed by atoms with Gasteiger partial charge in [-0.2, -0.15) is 0 Å². The summed E-state index contributed by atoms with van der Waals surface area (Å²) < 4.78 is 10.0. The summed E-state index contributed by atoms with van der Waals surface area (Å²) in [6.45, 7) is 0.209. The Labute approximate surface area is 152 Å². The molecule has 2 heterocycles. The maximum atomic E-state index is 12.3. The normalized spacial score (nSPS) is 25.3. The summed E-state index contributed by atoms with van der Waals surface area (Å²) in [5.74, 6) is 0.271. The summed E-state index contributed by atoms with van der Waals surface area (Å²) in [6, 6.07) is 2.66. The highest BCUT2D eigenvalue weighted by molar-refractivity contribution is 5.95. The van der Waals surface area contributed by atoms with E-state index in [-0.39, 0.29) is 25.1 Å². The Morgan fingerprint density at radius 2 is 2.12 bits per heavy atom. The van der Waals surface area contributed by atoms with Gasteiger partial charge in [-0.1, -0.05) is 12.8 Å². The number of nitrogens with one attached hydrogen (secondary N) is 2. The van der Waals surface area contributed by atoms with E-state index in [2.05, 4.69) is 10.6 Å². The molecule has 3 amide bonds. The molecule has 8 heteroatoms. The molecule has 1 saturated carbocycles. The molecule has 8 nitrogen and oxygen atoms in total. The number of ether oxygens (including phenoxy) is 1. The molecule has 142 valence electrons. The van der Waals surface area contributed by atoms with Gasteiger partial charge in [-0.3, -0.25) is 19.8 Å². The van der Waals surface area contributed by atoms with Gasteiger partial charge < -0.3 is 14.5 Å². The number of rotatable bonds is 5. The quantitative estimate of drug-likeness (QED) is 0.767. The molecular formula is C18H25N3O5. The van der Waals surface area contributed by atoms with Gasteiger partial charge in [0.25, 0.3) is 0 Å². The van der Waals surface area contributed by atoms with E-state index in [1.807, 2.05) is 4.90 Å². The van der Waals surface area contributed by atoms with Crippen LogP contribution in [0.1, 0.15) is 37.9 Å². The Kier molecular flexibility index (Phi) is 5.92. The van der Waals surface area contributed by atoms with E-state index in [1.54, 1.807) is 12.1 Å². The fourth-order valence-corrected chi connectivity index (χ4v) is 4.10. The highest BCUT2D eigenvalue weighted by Gasteiger charge is 2.46. The van der Waals surface area contributed by atoms with Crippen molar-refractivity contribution in [1.82, 2.24) is 15.5 Å². The lowest BCUT2D eigenvalue weighted by Gasteiger charge is -2.32. The Morgan fingerprint density at radius 1 is 1.31 bits per heavy atom. The average Bonchev–Trinajstić information content (AvgIpc) is 3.27. The van der Waals surface area contributed by atoms with Gasteiger partial charge in [0.15, 0.2) is 0 Å². The largest absolute Gasteiger partial charge is 0.468 e. The molecule has 3 atom stereocenters. The van der Waals surface area contributed by atoms with Crippen LogP contribution >= 0.6 is 0 Å². The lowest BCUT2D eigenvalue weighted by Crippen LogP contribution is -2.50. The molecule has 1 aromatic rings. The molecule has 1 aliphatic carbocycles. The molecule has 2 aliphatic rings. The predicted octanol–water partition coefficient (Wildman–Crippen LogP) is 1.41. The fourth-order valence-electron chi connectivity index (χ4n) is 4.10. The van der Waals surface area contributed by atoms with E-state index < -0.39 is 18.0 Å². The van der Waals surface area contributed by atoms with Gasteiger partial charge in [-0.25, -0.2) is 4.79 Å². The van der Waals surface area contributed by atoms with Crippen LogP contribution in [0.2, 0.25) is 0 Å². The van der Waals surface area contributed by atoms with E-state index in [1.165, 1.54) is 13.4 Å². The van der Waals surface area contributed by atoms with Crippen molar-refractivity contribution in [3.05, 3.63) is 24.2 Å². The third kappa shape index (κ3) is 4.24. The van der Waals surface area contributed by atoms with Gasteiger partial charge in [0.2, 0.25) is 5.91 Å². The van der Waals surface area contributed by atoms with Crippen LogP contribution in [0, 0.1) is 5.92 Å². The third-order valence-corrected chi connectivity index (χ3v) is 5.28. The molecule has 1 aliphatic heterocycles. The van der Waals surface area contributed by atoms with Crippen molar-refractivity contribution in [2.24, 2.45) is 5.92 Å². The van der Waals surface area contributed by atoms with Gasteiger partial charge in [0.1, 0.15) is 11.8 Å². The highest BCUT2D eigenvalue weighted by atomic mass is 16.5. The molecule has 0 aromatic carbocycles. The fraction of sp³-hybridized carbons (Fsp3) is 0.611. The van der Waals surface area contributed by atoms with Gasteiger partial charge in [-0.15, -0.1) is 0 Å². The summed E-state index contributed by atoms with van der Waals surface area (Å²) in [4.78, 5) is 38.2. The first kappa shape index (κ1) is 18.4. The molecule has 1 saturated heterocycles. The number of esters is 1. The number of carbonyl (C=O) groups excluding carboxylic acids is 3. The van der Waals surface area contributed by atoms with E-state index in [0.29, 0.717) is 11.7 Å². The standard InChI is InChI=1S/C18H25N3O5/c1-25-17(23)15-9-12-5-2-3-7-14(12)21(15)11-16(22)20-18(24)19-10-13-6-4-8-26-13/h4,6,8,12,14-15H,2-3,5,7,9-11H2,1H3,(H2,19,20,22,24)/t12-,14-,15-/m0/s1. The molecule has 0 spiro atoms. The number of furan rings is 1. The second-order valence-corrected chi connectivity index (χ2v) is 6.87. The maximum absolute atomic E-state index is 12.3. The minimum Gasteiger partial charge on any atom is -0.468 e. The number of likely N-dealkylation sites (tertiary alicyclic amines) is 1. The van der Waals surface area contributed by atoms with E-state index >= 15 is 0 Å². The number of amides is 3. The zero-order chi connectivity index (χ0) is 18.5. The second kappa shape index (κ2) is 8.35. The SMILES string of the molecule is COC(=O)[C@@H]1C[C@@H]2CCCC[C@@H]2N1CC(=O)NC(=O)NCc1ccco1. The van der Waals surface area contributed by atoms with Crippen molar-refractivity contribution >= 4 is 17.9 Å². The first-order chi connectivity index (χ1) is 12.6. The number of hydrogen-bond donors (Lipinski definition) is 2. The zero-order valence-electron chi connectivity index (χ0n) is 14.9. The van der Waals surface area contributed by atoms with Crippen LogP contribution in [0.3, 0.4) is 0 Å². The summed E-state index contributed by atoms with van der Waals surface area (Å²) >= 11 is 0. The van der Waals surface area contributed by atoms with Crippen LogP contribution < -0.4 is 10.6 Å². The zero-order valence-corrected chi connectivity index (χ0v) is 14.9. The van der Waals surface area contributed by atoms with Crippen molar-refractivity contribution in [1.29, 1.82) is 0 Å². The summed E-state index contributed by atoms with van der Waals surface area (Å²) in [5.41, 5.74) is 0. The van der Waals surface area contributed by atoms with Gasteiger partial charge in [0, 0.05) is 6.04 Å². The van der Waals surface area contributed by atoms with Crippen molar-refractivity contribution in [3.8, 4) is 0 Å². The first-order valence-corrected chi connectivity index (χ1v) is 9.02. The van der Waals surface area contributed by atoms with E-state index in [9.17, 15) is 14.4 Å². The Bertz CT molecular complexity index is 645. The Morgan fingerprint density at radius 3 is 2.85 bits per heavy atom. The molecule has 1 aromatic heterocycles. The maximum Gasteiger partial charge on any atom is 0.323 e. The lowest BCUT2D eigenvalue weighted by atomic mass is 9.85. The van der Waals surface area contributed by atoms with Crippen LogP contribution in [0.25, 0.3) is 0 Å². The predicted molar refractivity (Wildman–Crippen MR) is 92.0 cm³/mol. The molecular weight excluding hydrogens is 338 g/mol. The van der Waals surface area contributed by atoms with Crippen LogP contribution in [0.15, 0.2) is 22.8 Å². The number of hydrogen-bond acceptors (Lipinski definition) is 6. The molecule has 2 fully saturated rings. The lowest BCUT2D eigenvalue weighted by molar-refractivity contribution is -0.146. The molecule has 0 bridgehead atoms. The minimum atomic E-state index is -0.583. The number of urea groups is 1. The topological polar surface area (TPSA) is 101 Å². The third-order valence-electron chi connectivity index (χ3n) is 5.28. The molecule has 3 rings (SSSR count). The van der Waals surface area contributed by atoms with Gasteiger partial charge in [-0.05, 0) is 37.3 Å². The smallest absolute Gasteiger partial charge is 0.323 e.